The minimum Gasteiger partial charge on any atom is -0.460 e. The van der Waals surface area contributed by atoms with Crippen molar-refractivity contribution in [1.29, 1.82) is 0 Å². The second-order valence-electron chi connectivity index (χ2n) is 7.33. The van der Waals surface area contributed by atoms with Gasteiger partial charge in [0.05, 0.1) is 13.0 Å². The van der Waals surface area contributed by atoms with Gasteiger partial charge in [-0.25, -0.2) is 4.99 Å². The molecule has 0 radical (unpaired) electrons. The molecule has 0 spiro atoms. The number of aliphatic imine (C=N–C) groups is 1. The molecule has 1 aliphatic rings. The van der Waals surface area contributed by atoms with Crippen LogP contribution in [0.4, 0.5) is 0 Å². The van der Waals surface area contributed by atoms with E-state index in [9.17, 15) is 9.59 Å². The zero-order valence-electron chi connectivity index (χ0n) is 16.1. The number of amides is 1. The Bertz CT molecular complexity index is 466. The van der Waals surface area contributed by atoms with Gasteiger partial charge in [-0.2, -0.15) is 0 Å². The molecule has 2 N–H and O–H groups in total. The van der Waals surface area contributed by atoms with E-state index >= 15 is 0 Å². The summed E-state index contributed by atoms with van der Waals surface area (Å²) in [4.78, 5) is 29.3. The molecule has 1 saturated heterocycles. The van der Waals surface area contributed by atoms with Gasteiger partial charge in [-0.15, -0.1) is 0 Å². The third kappa shape index (κ3) is 9.91. The molecular weight excluding hydrogens is 324 g/mol. The third-order valence-corrected chi connectivity index (χ3v) is 3.49. The zero-order valence-corrected chi connectivity index (χ0v) is 16.1. The van der Waals surface area contributed by atoms with E-state index in [4.69, 9.17) is 9.47 Å². The molecule has 0 aliphatic carbocycles. The maximum atomic E-state index is 11.8. The van der Waals surface area contributed by atoms with Crippen LogP contribution in [0.2, 0.25) is 0 Å². The number of nitrogens with zero attached hydrogens (tertiary/aromatic N) is 2. The Labute approximate surface area is 150 Å². The summed E-state index contributed by atoms with van der Waals surface area (Å²) < 4.78 is 10.6. The van der Waals surface area contributed by atoms with E-state index in [2.05, 4.69) is 15.6 Å². The van der Waals surface area contributed by atoms with Crippen LogP contribution in [0.3, 0.4) is 0 Å². The summed E-state index contributed by atoms with van der Waals surface area (Å²) in [5, 5.41) is 6.30. The first kappa shape index (κ1) is 21.2. The van der Waals surface area contributed by atoms with Gasteiger partial charge in [0.15, 0.2) is 5.96 Å². The molecule has 8 heteroatoms. The SMILES string of the molecule is CN(C)C(=O)CN=C(NCCC(=O)OC(C)(C)C)NCC1CCOC1. The maximum Gasteiger partial charge on any atom is 0.308 e. The fraction of sp³-hybridized carbons (Fsp3) is 0.824. The van der Waals surface area contributed by atoms with Crippen LogP contribution >= 0.6 is 0 Å². The van der Waals surface area contributed by atoms with Gasteiger partial charge < -0.3 is 25.0 Å². The molecule has 0 aromatic rings. The van der Waals surface area contributed by atoms with E-state index in [1.54, 1.807) is 14.1 Å². The molecule has 1 fully saturated rings. The Morgan fingerprint density at radius 1 is 1.28 bits per heavy atom. The topological polar surface area (TPSA) is 92.3 Å². The fourth-order valence-electron chi connectivity index (χ4n) is 2.12. The highest BCUT2D eigenvalue weighted by molar-refractivity contribution is 5.85. The number of ether oxygens (including phenoxy) is 2. The second kappa shape index (κ2) is 10.2. The van der Waals surface area contributed by atoms with E-state index in [1.807, 2.05) is 20.8 Å². The molecular formula is C17H32N4O4. The Morgan fingerprint density at radius 3 is 2.56 bits per heavy atom. The first-order chi connectivity index (χ1) is 11.7. The second-order valence-corrected chi connectivity index (χ2v) is 7.33. The first-order valence-electron chi connectivity index (χ1n) is 8.69. The zero-order chi connectivity index (χ0) is 18.9. The van der Waals surface area contributed by atoms with E-state index in [0.29, 0.717) is 25.0 Å². The van der Waals surface area contributed by atoms with E-state index in [1.165, 1.54) is 4.90 Å². The quantitative estimate of drug-likeness (QED) is 0.389. The Hall–Kier alpha value is -1.83. The molecule has 25 heavy (non-hydrogen) atoms. The van der Waals surface area contributed by atoms with Gasteiger partial charge in [-0.1, -0.05) is 0 Å². The molecule has 144 valence electrons. The lowest BCUT2D eigenvalue weighted by Crippen LogP contribution is -2.42. The van der Waals surface area contributed by atoms with Crippen molar-refractivity contribution in [2.45, 2.75) is 39.2 Å². The van der Waals surface area contributed by atoms with Crippen LogP contribution in [-0.4, -0.2) is 75.3 Å². The van der Waals surface area contributed by atoms with Gasteiger partial charge in [0.1, 0.15) is 12.1 Å². The van der Waals surface area contributed by atoms with Crippen LogP contribution in [0.1, 0.15) is 33.6 Å². The Balaban J connectivity index is 2.47. The van der Waals surface area contributed by atoms with Gasteiger partial charge >= 0.3 is 5.97 Å². The summed E-state index contributed by atoms with van der Waals surface area (Å²) in [7, 11) is 3.38. The molecule has 1 unspecified atom stereocenters. The highest BCUT2D eigenvalue weighted by atomic mass is 16.6. The van der Waals surface area contributed by atoms with Crippen molar-refractivity contribution < 1.29 is 19.1 Å². The largest absolute Gasteiger partial charge is 0.460 e. The van der Waals surface area contributed by atoms with Crippen LogP contribution in [-0.2, 0) is 19.1 Å². The van der Waals surface area contributed by atoms with Crippen molar-refractivity contribution in [3.63, 3.8) is 0 Å². The van der Waals surface area contributed by atoms with Crippen LogP contribution < -0.4 is 10.6 Å². The lowest BCUT2D eigenvalue weighted by atomic mass is 10.1. The third-order valence-electron chi connectivity index (χ3n) is 3.49. The predicted molar refractivity (Wildman–Crippen MR) is 96.4 cm³/mol. The average molecular weight is 356 g/mol. The minimum atomic E-state index is -0.493. The first-order valence-corrected chi connectivity index (χ1v) is 8.69. The van der Waals surface area contributed by atoms with Crippen molar-refractivity contribution in [2.24, 2.45) is 10.9 Å². The number of nitrogens with one attached hydrogen (secondary N) is 2. The van der Waals surface area contributed by atoms with Crippen molar-refractivity contribution in [3.05, 3.63) is 0 Å². The maximum absolute atomic E-state index is 11.8. The number of carbonyl (C=O) groups is 2. The molecule has 1 aliphatic heterocycles. The van der Waals surface area contributed by atoms with Crippen molar-refractivity contribution in [1.82, 2.24) is 15.5 Å². The monoisotopic (exact) mass is 356 g/mol. The number of esters is 1. The van der Waals surface area contributed by atoms with Gasteiger partial charge in [0, 0.05) is 39.7 Å². The standard InChI is InChI=1S/C17H32N4O4/c1-17(2,3)25-15(23)6-8-18-16(20-11-14(22)21(4)5)19-10-13-7-9-24-12-13/h13H,6-12H2,1-5H3,(H2,18,19,20). The van der Waals surface area contributed by atoms with Gasteiger partial charge in [0.25, 0.3) is 0 Å². The molecule has 0 bridgehead atoms. The van der Waals surface area contributed by atoms with Crippen molar-refractivity contribution in [2.75, 3.05) is 46.9 Å². The molecule has 0 aromatic carbocycles. The molecule has 0 aromatic heterocycles. The van der Waals surface area contributed by atoms with Crippen LogP contribution in [0, 0.1) is 5.92 Å². The lowest BCUT2D eigenvalue weighted by Gasteiger charge is -2.20. The molecule has 1 heterocycles. The summed E-state index contributed by atoms with van der Waals surface area (Å²) in [6.45, 7) is 8.18. The average Bonchev–Trinajstić information content (AvgIpc) is 3.00. The van der Waals surface area contributed by atoms with E-state index in [-0.39, 0.29) is 24.8 Å². The van der Waals surface area contributed by atoms with Crippen LogP contribution in [0.25, 0.3) is 0 Å². The minimum absolute atomic E-state index is 0.0515. The summed E-state index contributed by atoms with van der Waals surface area (Å²) in [6, 6.07) is 0. The molecule has 0 saturated carbocycles. The van der Waals surface area contributed by atoms with E-state index in [0.717, 1.165) is 19.6 Å². The van der Waals surface area contributed by atoms with Gasteiger partial charge in [-0.05, 0) is 27.2 Å². The van der Waals surface area contributed by atoms with Crippen LogP contribution in [0.5, 0.6) is 0 Å². The summed E-state index contributed by atoms with van der Waals surface area (Å²) in [5.41, 5.74) is -0.493. The lowest BCUT2D eigenvalue weighted by molar-refractivity contribution is -0.154. The van der Waals surface area contributed by atoms with Gasteiger partial charge in [0.2, 0.25) is 5.91 Å². The number of hydrogen-bond donors (Lipinski definition) is 2. The highest BCUT2D eigenvalue weighted by Crippen LogP contribution is 2.10. The van der Waals surface area contributed by atoms with Gasteiger partial charge in [-0.3, -0.25) is 9.59 Å². The fourth-order valence-corrected chi connectivity index (χ4v) is 2.12. The summed E-state index contributed by atoms with van der Waals surface area (Å²) in [5.74, 6) is 0.596. The van der Waals surface area contributed by atoms with Crippen LogP contribution in [0.15, 0.2) is 4.99 Å². The Morgan fingerprint density at radius 2 is 2.00 bits per heavy atom. The molecule has 1 rings (SSSR count). The smallest absolute Gasteiger partial charge is 0.308 e. The number of guanidine groups is 1. The predicted octanol–water partition coefficient (Wildman–Crippen LogP) is 0.378. The Kier molecular flexibility index (Phi) is 8.68. The van der Waals surface area contributed by atoms with Crippen molar-refractivity contribution in [3.8, 4) is 0 Å². The summed E-state index contributed by atoms with van der Waals surface area (Å²) >= 11 is 0. The number of hydrogen-bond acceptors (Lipinski definition) is 5. The number of rotatable bonds is 7. The molecule has 8 nitrogen and oxygen atoms in total. The number of likely N-dealkylation sites (N-methyl/N-ethyl adjacent to an activating group) is 1. The number of carbonyl (C=O) groups excluding carboxylic acids is 2. The van der Waals surface area contributed by atoms with E-state index < -0.39 is 5.60 Å². The molecule has 1 amide bonds. The summed E-state index contributed by atoms with van der Waals surface area (Å²) in [6.07, 6.45) is 1.24. The molecule has 1 atom stereocenters. The van der Waals surface area contributed by atoms with Crippen molar-refractivity contribution >= 4 is 17.8 Å². The highest BCUT2D eigenvalue weighted by Gasteiger charge is 2.17. The normalized spacial score (nSPS) is 18.0.